The summed E-state index contributed by atoms with van der Waals surface area (Å²) >= 11 is 2.98. The fraction of sp³-hybridized carbons (Fsp3) is 0.143. The molecule has 0 saturated carbocycles. The molecular formula is C7H6BrNO2. The number of hydrogen-bond acceptors (Lipinski definition) is 3. The highest BCUT2D eigenvalue weighted by atomic mass is 79.9. The molecule has 0 aliphatic carbocycles. The van der Waals surface area contributed by atoms with Crippen LogP contribution in [0.15, 0.2) is 24.5 Å². The third-order valence-corrected chi connectivity index (χ3v) is 1.45. The molecule has 0 aliphatic heterocycles. The van der Waals surface area contributed by atoms with Gasteiger partial charge in [0, 0.05) is 12.4 Å². The molecule has 0 atom stereocenters. The average molecular weight is 216 g/mol. The zero-order valence-corrected chi connectivity index (χ0v) is 7.24. The lowest BCUT2D eigenvalue weighted by Crippen LogP contribution is -2.08. The van der Waals surface area contributed by atoms with E-state index in [9.17, 15) is 4.79 Å². The zero-order valence-electron chi connectivity index (χ0n) is 5.66. The van der Waals surface area contributed by atoms with Gasteiger partial charge in [-0.15, -0.1) is 0 Å². The van der Waals surface area contributed by atoms with E-state index in [-0.39, 0.29) is 11.3 Å². The van der Waals surface area contributed by atoms with Crippen LogP contribution in [0.4, 0.5) is 0 Å². The number of pyridine rings is 1. The zero-order chi connectivity index (χ0) is 8.10. The van der Waals surface area contributed by atoms with E-state index >= 15 is 0 Å². The van der Waals surface area contributed by atoms with Crippen molar-refractivity contribution >= 4 is 21.9 Å². The average Bonchev–Trinajstić information content (AvgIpc) is 2.06. The second-order valence-electron chi connectivity index (χ2n) is 1.79. The van der Waals surface area contributed by atoms with Crippen LogP contribution in [0, 0.1) is 0 Å². The van der Waals surface area contributed by atoms with Crippen molar-refractivity contribution in [3.8, 4) is 5.75 Å². The van der Waals surface area contributed by atoms with Gasteiger partial charge in [0.2, 0.25) is 0 Å². The first-order valence-electron chi connectivity index (χ1n) is 2.99. The van der Waals surface area contributed by atoms with Crippen molar-refractivity contribution in [1.82, 2.24) is 4.98 Å². The van der Waals surface area contributed by atoms with Crippen molar-refractivity contribution in [2.45, 2.75) is 0 Å². The van der Waals surface area contributed by atoms with Crippen molar-refractivity contribution in [1.29, 1.82) is 0 Å². The van der Waals surface area contributed by atoms with Gasteiger partial charge in [-0.25, -0.2) is 0 Å². The van der Waals surface area contributed by atoms with Gasteiger partial charge in [-0.1, -0.05) is 15.9 Å². The van der Waals surface area contributed by atoms with E-state index in [0.29, 0.717) is 5.75 Å². The maximum absolute atomic E-state index is 10.7. The minimum atomic E-state index is -0.309. The highest BCUT2D eigenvalue weighted by Gasteiger charge is 1.99. The van der Waals surface area contributed by atoms with E-state index in [4.69, 9.17) is 4.74 Å². The van der Waals surface area contributed by atoms with E-state index in [1.807, 2.05) is 0 Å². The topological polar surface area (TPSA) is 39.2 Å². The van der Waals surface area contributed by atoms with Crippen LogP contribution < -0.4 is 4.74 Å². The fourth-order valence-electron chi connectivity index (χ4n) is 0.565. The Kier molecular flexibility index (Phi) is 3.04. The maximum atomic E-state index is 10.7. The van der Waals surface area contributed by atoms with E-state index in [1.54, 1.807) is 24.5 Å². The number of rotatable bonds is 2. The molecule has 0 bridgehead atoms. The molecule has 3 nitrogen and oxygen atoms in total. The van der Waals surface area contributed by atoms with Gasteiger partial charge in [-0.2, -0.15) is 0 Å². The van der Waals surface area contributed by atoms with Crippen LogP contribution in [0.1, 0.15) is 0 Å². The highest BCUT2D eigenvalue weighted by molar-refractivity contribution is 9.09. The van der Waals surface area contributed by atoms with Gasteiger partial charge in [0.1, 0.15) is 11.1 Å². The second kappa shape index (κ2) is 4.08. The van der Waals surface area contributed by atoms with Gasteiger partial charge in [-0.05, 0) is 12.1 Å². The predicted molar refractivity (Wildman–Crippen MR) is 43.7 cm³/mol. The largest absolute Gasteiger partial charge is 0.426 e. The van der Waals surface area contributed by atoms with Gasteiger partial charge in [0.05, 0.1) is 0 Å². The molecule has 4 heteroatoms. The maximum Gasteiger partial charge on any atom is 0.321 e. The third kappa shape index (κ3) is 2.67. The Labute approximate surface area is 72.5 Å². The van der Waals surface area contributed by atoms with Crippen LogP contribution in [0.2, 0.25) is 0 Å². The molecule has 0 N–H and O–H groups in total. The summed E-state index contributed by atoms with van der Waals surface area (Å²) in [6.07, 6.45) is 3.13. The van der Waals surface area contributed by atoms with Crippen LogP contribution in [-0.2, 0) is 4.79 Å². The van der Waals surface area contributed by atoms with Crippen LogP contribution in [0.3, 0.4) is 0 Å². The molecule has 0 aromatic carbocycles. The Morgan fingerprint density at radius 2 is 2.18 bits per heavy atom. The molecule has 1 heterocycles. The number of carbonyl (C=O) groups is 1. The molecule has 0 aliphatic rings. The van der Waals surface area contributed by atoms with E-state index in [2.05, 4.69) is 20.9 Å². The molecule has 0 unspecified atom stereocenters. The Balaban J connectivity index is 2.58. The number of hydrogen-bond donors (Lipinski definition) is 0. The highest BCUT2D eigenvalue weighted by Crippen LogP contribution is 2.06. The van der Waals surface area contributed by atoms with Gasteiger partial charge < -0.3 is 4.74 Å². The number of aromatic nitrogens is 1. The first-order chi connectivity index (χ1) is 5.33. The van der Waals surface area contributed by atoms with Crippen molar-refractivity contribution in [3.63, 3.8) is 0 Å². The molecule has 1 aromatic rings. The summed E-state index contributed by atoms with van der Waals surface area (Å²) in [6.45, 7) is 0. The van der Waals surface area contributed by atoms with Crippen molar-refractivity contribution in [2.75, 3.05) is 5.33 Å². The summed E-state index contributed by atoms with van der Waals surface area (Å²) in [5.74, 6) is 0.209. The lowest BCUT2D eigenvalue weighted by molar-refractivity contribution is -0.131. The van der Waals surface area contributed by atoms with Crippen molar-refractivity contribution in [2.24, 2.45) is 0 Å². The molecule has 0 fully saturated rings. The van der Waals surface area contributed by atoms with Crippen molar-refractivity contribution < 1.29 is 9.53 Å². The summed E-state index contributed by atoms with van der Waals surface area (Å²) in [5.41, 5.74) is 0. The summed E-state index contributed by atoms with van der Waals surface area (Å²) in [4.78, 5) is 14.5. The summed E-state index contributed by atoms with van der Waals surface area (Å²) in [5, 5.41) is 0.204. The first-order valence-corrected chi connectivity index (χ1v) is 4.12. The van der Waals surface area contributed by atoms with Gasteiger partial charge >= 0.3 is 5.97 Å². The lowest BCUT2D eigenvalue weighted by atomic mass is 10.4. The number of halogens is 1. The fourth-order valence-corrected chi connectivity index (χ4v) is 0.679. The molecular weight excluding hydrogens is 210 g/mol. The van der Waals surface area contributed by atoms with E-state index in [1.165, 1.54) is 0 Å². The minimum Gasteiger partial charge on any atom is -0.426 e. The monoisotopic (exact) mass is 215 g/mol. The number of nitrogens with zero attached hydrogens (tertiary/aromatic N) is 1. The molecule has 58 valence electrons. The predicted octanol–water partition coefficient (Wildman–Crippen LogP) is 1.38. The first kappa shape index (κ1) is 8.20. The second-order valence-corrected chi connectivity index (χ2v) is 2.35. The normalized spacial score (nSPS) is 9.18. The minimum absolute atomic E-state index is 0.204. The quantitative estimate of drug-likeness (QED) is 0.553. The van der Waals surface area contributed by atoms with E-state index < -0.39 is 0 Å². The molecule has 0 radical (unpaired) electrons. The smallest absolute Gasteiger partial charge is 0.321 e. The number of carbonyl (C=O) groups excluding carboxylic acids is 1. The van der Waals surface area contributed by atoms with Crippen molar-refractivity contribution in [3.05, 3.63) is 24.5 Å². The number of esters is 1. The standard InChI is InChI=1S/C7H6BrNO2/c8-5-7(10)11-6-1-3-9-4-2-6/h1-4H,5H2. The van der Waals surface area contributed by atoms with Crippen LogP contribution in [0.25, 0.3) is 0 Å². The SMILES string of the molecule is O=C(CBr)Oc1ccncc1. The number of alkyl halides is 1. The Hall–Kier alpha value is -0.900. The van der Waals surface area contributed by atoms with Crippen LogP contribution >= 0.6 is 15.9 Å². The molecule has 0 amide bonds. The van der Waals surface area contributed by atoms with Crippen LogP contribution in [-0.4, -0.2) is 16.3 Å². The number of ether oxygens (including phenoxy) is 1. The van der Waals surface area contributed by atoms with Crippen LogP contribution in [0.5, 0.6) is 5.75 Å². The van der Waals surface area contributed by atoms with Gasteiger partial charge in [-0.3, -0.25) is 9.78 Å². The third-order valence-electron chi connectivity index (χ3n) is 0.991. The summed E-state index contributed by atoms with van der Waals surface area (Å²) in [6, 6.07) is 3.25. The molecule has 1 aromatic heterocycles. The molecule has 0 spiro atoms. The molecule has 1 rings (SSSR count). The van der Waals surface area contributed by atoms with Gasteiger partial charge in [0.15, 0.2) is 0 Å². The molecule has 0 saturated heterocycles. The lowest BCUT2D eigenvalue weighted by Gasteiger charge is -1.98. The summed E-state index contributed by atoms with van der Waals surface area (Å²) in [7, 11) is 0. The summed E-state index contributed by atoms with van der Waals surface area (Å²) < 4.78 is 4.84. The Morgan fingerprint density at radius 3 is 2.73 bits per heavy atom. The van der Waals surface area contributed by atoms with E-state index in [0.717, 1.165) is 0 Å². The molecule has 11 heavy (non-hydrogen) atoms. The Morgan fingerprint density at radius 1 is 1.55 bits per heavy atom. The van der Waals surface area contributed by atoms with Gasteiger partial charge in [0.25, 0.3) is 0 Å². The Bertz CT molecular complexity index is 237.